The van der Waals surface area contributed by atoms with E-state index in [2.05, 4.69) is 36.3 Å². The number of aryl methyl sites for hydroxylation is 2. The summed E-state index contributed by atoms with van der Waals surface area (Å²) in [4.78, 5) is 12.5. The fourth-order valence-corrected chi connectivity index (χ4v) is 3.47. The van der Waals surface area contributed by atoms with Crippen LogP contribution in [0.5, 0.6) is 0 Å². The molecule has 7 heteroatoms. The molecule has 0 bridgehead atoms. The SMILES string of the molecule is CC(C)(C)C1CCc2onc(C(=O)NCCCn3cc(Cl)cn3)c2C1. The lowest BCUT2D eigenvalue weighted by atomic mass is 9.71. The minimum Gasteiger partial charge on any atom is -0.360 e. The van der Waals surface area contributed by atoms with Crippen molar-refractivity contribution < 1.29 is 9.32 Å². The maximum atomic E-state index is 12.5. The molecule has 0 aromatic carbocycles. The third-order valence-electron chi connectivity index (χ3n) is 4.93. The lowest BCUT2D eigenvalue weighted by Crippen LogP contribution is -2.30. The Hall–Kier alpha value is -1.82. The molecule has 0 saturated heterocycles. The molecule has 1 unspecified atom stereocenters. The van der Waals surface area contributed by atoms with Crippen molar-refractivity contribution in [1.82, 2.24) is 20.3 Å². The second-order valence-corrected chi connectivity index (χ2v) is 8.21. The molecule has 0 fully saturated rings. The Kier molecular flexibility index (Phi) is 5.18. The highest BCUT2D eigenvalue weighted by atomic mass is 35.5. The van der Waals surface area contributed by atoms with E-state index in [0.717, 1.165) is 37.0 Å². The number of nitrogens with zero attached hydrogens (tertiary/aromatic N) is 3. The highest BCUT2D eigenvalue weighted by molar-refractivity contribution is 6.30. The van der Waals surface area contributed by atoms with Crippen molar-refractivity contribution in [2.45, 2.75) is 53.0 Å². The smallest absolute Gasteiger partial charge is 0.273 e. The Bertz CT molecular complexity index is 745. The van der Waals surface area contributed by atoms with Crippen molar-refractivity contribution in [3.8, 4) is 0 Å². The first-order valence-electron chi connectivity index (χ1n) is 8.78. The number of hydrogen-bond donors (Lipinski definition) is 1. The number of carbonyl (C=O) groups is 1. The summed E-state index contributed by atoms with van der Waals surface area (Å²) in [6.07, 6.45) is 6.94. The van der Waals surface area contributed by atoms with Crippen LogP contribution in [0.4, 0.5) is 0 Å². The number of halogens is 1. The van der Waals surface area contributed by atoms with E-state index >= 15 is 0 Å². The van der Waals surface area contributed by atoms with Crippen molar-refractivity contribution >= 4 is 17.5 Å². The first-order valence-corrected chi connectivity index (χ1v) is 9.16. The zero-order valence-electron chi connectivity index (χ0n) is 15.0. The van der Waals surface area contributed by atoms with E-state index in [0.29, 0.717) is 29.7 Å². The number of rotatable bonds is 5. The second-order valence-electron chi connectivity index (χ2n) is 7.77. The van der Waals surface area contributed by atoms with E-state index in [4.69, 9.17) is 16.1 Å². The largest absolute Gasteiger partial charge is 0.360 e. The van der Waals surface area contributed by atoms with Crippen LogP contribution in [0.25, 0.3) is 0 Å². The van der Waals surface area contributed by atoms with Gasteiger partial charge in [-0.2, -0.15) is 5.10 Å². The van der Waals surface area contributed by atoms with Crippen molar-refractivity contribution in [1.29, 1.82) is 0 Å². The Balaban J connectivity index is 1.55. The molecule has 1 N–H and O–H groups in total. The molecule has 1 aliphatic carbocycles. The molecule has 136 valence electrons. The van der Waals surface area contributed by atoms with Gasteiger partial charge in [-0.3, -0.25) is 9.48 Å². The number of hydrogen-bond acceptors (Lipinski definition) is 4. The van der Waals surface area contributed by atoms with Crippen LogP contribution in [0, 0.1) is 11.3 Å². The molecule has 2 aromatic rings. The average molecular weight is 365 g/mol. The summed E-state index contributed by atoms with van der Waals surface area (Å²) in [5.41, 5.74) is 1.65. The first kappa shape index (κ1) is 18.0. The van der Waals surface area contributed by atoms with Crippen LogP contribution < -0.4 is 5.32 Å². The van der Waals surface area contributed by atoms with Crippen LogP contribution in [0.3, 0.4) is 0 Å². The van der Waals surface area contributed by atoms with Crippen molar-refractivity contribution in [2.75, 3.05) is 6.54 Å². The minimum absolute atomic E-state index is 0.155. The van der Waals surface area contributed by atoms with Gasteiger partial charge in [0, 0.05) is 31.3 Å². The molecule has 6 nitrogen and oxygen atoms in total. The van der Waals surface area contributed by atoms with Crippen LogP contribution in [0.1, 0.15) is 55.4 Å². The van der Waals surface area contributed by atoms with Crippen LogP contribution in [0.2, 0.25) is 5.02 Å². The van der Waals surface area contributed by atoms with Crippen LogP contribution >= 0.6 is 11.6 Å². The standard InChI is InChI=1S/C18H25ClN4O2/c1-18(2,3)12-5-6-15-14(9-12)16(22-25-15)17(24)20-7-4-8-23-11-13(19)10-21-23/h10-12H,4-9H2,1-3H3,(H,20,24). The molecular weight excluding hydrogens is 340 g/mol. The fraction of sp³-hybridized carbons (Fsp3) is 0.611. The molecule has 0 saturated carbocycles. The fourth-order valence-electron chi connectivity index (χ4n) is 3.31. The van der Waals surface area contributed by atoms with E-state index in [9.17, 15) is 4.79 Å². The van der Waals surface area contributed by atoms with Gasteiger partial charge in [-0.15, -0.1) is 0 Å². The second kappa shape index (κ2) is 7.20. The Morgan fingerprint density at radius 1 is 1.48 bits per heavy atom. The van der Waals surface area contributed by atoms with Crippen LogP contribution in [0.15, 0.2) is 16.9 Å². The van der Waals surface area contributed by atoms with E-state index in [1.165, 1.54) is 0 Å². The molecule has 0 aliphatic heterocycles. The predicted molar refractivity (Wildman–Crippen MR) is 95.7 cm³/mol. The molecule has 3 rings (SSSR count). The van der Waals surface area contributed by atoms with Gasteiger partial charge < -0.3 is 9.84 Å². The molecule has 2 aromatic heterocycles. The summed E-state index contributed by atoms with van der Waals surface area (Å²) < 4.78 is 7.17. The summed E-state index contributed by atoms with van der Waals surface area (Å²) in [5, 5.41) is 11.7. The van der Waals surface area contributed by atoms with Crippen LogP contribution in [-0.2, 0) is 19.4 Å². The van der Waals surface area contributed by atoms with Crippen LogP contribution in [-0.4, -0.2) is 27.4 Å². The highest BCUT2D eigenvalue weighted by Crippen LogP contribution is 2.38. The van der Waals surface area contributed by atoms with Gasteiger partial charge in [-0.1, -0.05) is 37.5 Å². The quantitative estimate of drug-likeness (QED) is 0.824. The normalized spacial score (nSPS) is 17.4. The van der Waals surface area contributed by atoms with E-state index in [1.54, 1.807) is 17.1 Å². The minimum atomic E-state index is -0.155. The maximum absolute atomic E-state index is 12.5. The number of fused-ring (bicyclic) bond motifs is 1. The van der Waals surface area contributed by atoms with Gasteiger partial charge in [0.15, 0.2) is 5.69 Å². The third-order valence-corrected chi connectivity index (χ3v) is 5.13. The van der Waals surface area contributed by atoms with Gasteiger partial charge in [0.25, 0.3) is 5.91 Å². The number of carbonyl (C=O) groups excluding carboxylic acids is 1. The Morgan fingerprint density at radius 3 is 2.96 bits per heavy atom. The summed E-state index contributed by atoms with van der Waals surface area (Å²) in [7, 11) is 0. The zero-order valence-corrected chi connectivity index (χ0v) is 15.8. The Morgan fingerprint density at radius 2 is 2.28 bits per heavy atom. The van der Waals surface area contributed by atoms with Gasteiger partial charge in [-0.25, -0.2) is 0 Å². The van der Waals surface area contributed by atoms with E-state index in [1.807, 2.05) is 0 Å². The molecule has 2 heterocycles. The number of amides is 1. The van der Waals surface area contributed by atoms with Gasteiger partial charge in [0.1, 0.15) is 5.76 Å². The lowest BCUT2D eigenvalue weighted by molar-refractivity contribution is 0.0942. The Labute approximate surface area is 152 Å². The number of nitrogens with one attached hydrogen (secondary N) is 1. The van der Waals surface area contributed by atoms with Gasteiger partial charge >= 0.3 is 0 Å². The monoisotopic (exact) mass is 364 g/mol. The molecule has 0 radical (unpaired) electrons. The van der Waals surface area contributed by atoms with Gasteiger partial charge in [0.05, 0.1) is 11.2 Å². The highest BCUT2D eigenvalue weighted by Gasteiger charge is 2.33. The zero-order chi connectivity index (χ0) is 18.0. The van der Waals surface area contributed by atoms with Crippen molar-refractivity contribution in [2.24, 2.45) is 11.3 Å². The van der Waals surface area contributed by atoms with E-state index in [-0.39, 0.29) is 11.3 Å². The molecule has 1 aliphatic rings. The third kappa shape index (κ3) is 4.24. The molecule has 1 atom stereocenters. The molecule has 0 spiro atoms. The first-order chi connectivity index (χ1) is 11.8. The van der Waals surface area contributed by atoms with Gasteiger partial charge in [0.2, 0.25) is 0 Å². The topological polar surface area (TPSA) is 73.0 Å². The van der Waals surface area contributed by atoms with Gasteiger partial charge in [-0.05, 0) is 30.6 Å². The summed E-state index contributed by atoms with van der Waals surface area (Å²) in [6, 6.07) is 0. The summed E-state index contributed by atoms with van der Waals surface area (Å²) in [6.45, 7) is 8.00. The maximum Gasteiger partial charge on any atom is 0.273 e. The summed E-state index contributed by atoms with van der Waals surface area (Å²) in [5.74, 6) is 1.26. The van der Waals surface area contributed by atoms with E-state index < -0.39 is 0 Å². The molecular formula is C18H25ClN4O2. The van der Waals surface area contributed by atoms with Crippen molar-refractivity contribution in [3.05, 3.63) is 34.4 Å². The summed E-state index contributed by atoms with van der Waals surface area (Å²) >= 11 is 5.83. The number of aromatic nitrogens is 3. The average Bonchev–Trinajstić information content (AvgIpc) is 3.16. The molecule has 25 heavy (non-hydrogen) atoms. The lowest BCUT2D eigenvalue weighted by Gasteiger charge is -2.33. The molecule has 1 amide bonds. The predicted octanol–water partition coefficient (Wildman–Crippen LogP) is 3.50. The van der Waals surface area contributed by atoms with Crippen molar-refractivity contribution in [3.63, 3.8) is 0 Å².